The molecule has 1 heterocycles. The minimum atomic E-state index is -0.568. The van der Waals surface area contributed by atoms with Gasteiger partial charge >= 0.3 is 0 Å². The molecule has 0 radical (unpaired) electrons. The van der Waals surface area contributed by atoms with Crippen LogP contribution in [0.15, 0.2) is 0 Å². The maximum atomic E-state index is 13.4. The predicted octanol–water partition coefficient (Wildman–Crippen LogP) is 2.91. The van der Waals surface area contributed by atoms with Crippen LogP contribution in [-0.4, -0.2) is 79.8 Å². The fourth-order valence-corrected chi connectivity index (χ4v) is 4.86. The maximum absolute atomic E-state index is 13.4. The van der Waals surface area contributed by atoms with Gasteiger partial charge in [0.2, 0.25) is 11.8 Å². The van der Waals surface area contributed by atoms with Gasteiger partial charge in [-0.3, -0.25) is 9.59 Å². The van der Waals surface area contributed by atoms with Gasteiger partial charge in [-0.25, -0.2) is 0 Å². The molecule has 1 aliphatic rings. The van der Waals surface area contributed by atoms with E-state index in [1.807, 2.05) is 18.7 Å². The zero-order chi connectivity index (χ0) is 23.9. The van der Waals surface area contributed by atoms with Crippen molar-refractivity contribution in [1.29, 1.82) is 0 Å². The molecule has 7 heteroatoms. The Morgan fingerprint density at radius 2 is 1.71 bits per heavy atom. The Morgan fingerprint density at radius 3 is 2.16 bits per heavy atom. The lowest BCUT2D eigenvalue weighted by molar-refractivity contribution is -0.145. The third-order valence-corrected chi connectivity index (χ3v) is 7.01. The van der Waals surface area contributed by atoms with Crippen molar-refractivity contribution in [2.75, 3.05) is 27.8 Å². The highest BCUT2D eigenvalue weighted by molar-refractivity contribution is 5.82. The number of carbonyl (C=O) groups excluding carboxylic acids is 2. The molecule has 0 aromatic heterocycles. The zero-order valence-corrected chi connectivity index (χ0v) is 21.3. The van der Waals surface area contributed by atoms with E-state index in [4.69, 9.17) is 15.2 Å². The van der Waals surface area contributed by atoms with Crippen LogP contribution in [0.5, 0.6) is 0 Å². The molecule has 0 aromatic carbocycles. The second-order valence-electron chi connectivity index (χ2n) is 9.81. The molecular weight excluding hydrogens is 394 g/mol. The third kappa shape index (κ3) is 6.90. The lowest BCUT2D eigenvalue weighted by Crippen LogP contribution is -2.56. The molecule has 5 unspecified atom stereocenters. The maximum Gasteiger partial charge on any atom is 0.239 e. The Morgan fingerprint density at radius 1 is 1.10 bits per heavy atom. The van der Waals surface area contributed by atoms with E-state index in [1.165, 1.54) is 0 Å². The summed E-state index contributed by atoms with van der Waals surface area (Å²) in [7, 11) is 5.14. The number of hydrogen-bond acceptors (Lipinski definition) is 5. The number of hydrogen-bond donors (Lipinski definition) is 1. The SMILES string of the molecule is CCC(C)C(C(CC(=O)N1CCCC1C(OC)C(C)C)OC)N(C)C(=O)[C@@H](N)C(C)C. The van der Waals surface area contributed by atoms with Gasteiger partial charge in [-0.2, -0.15) is 0 Å². The van der Waals surface area contributed by atoms with E-state index in [-0.39, 0.29) is 48.3 Å². The summed E-state index contributed by atoms with van der Waals surface area (Å²) in [6.45, 7) is 13.1. The zero-order valence-electron chi connectivity index (χ0n) is 21.3. The van der Waals surface area contributed by atoms with E-state index >= 15 is 0 Å². The second kappa shape index (κ2) is 12.8. The van der Waals surface area contributed by atoms with Crippen molar-refractivity contribution in [3.05, 3.63) is 0 Å². The Hall–Kier alpha value is -1.18. The number of methoxy groups -OCH3 is 2. The van der Waals surface area contributed by atoms with Crippen molar-refractivity contribution in [2.45, 2.75) is 97.6 Å². The molecular formula is C24H47N3O4. The minimum absolute atomic E-state index is 0.0195. The first-order valence-corrected chi connectivity index (χ1v) is 11.9. The molecule has 1 rings (SSSR count). The molecule has 0 aliphatic carbocycles. The van der Waals surface area contributed by atoms with E-state index in [9.17, 15) is 9.59 Å². The molecule has 0 spiro atoms. The first-order chi connectivity index (χ1) is 14.5. The highest BCUT2D eigenvalue weighted by atomic mass is 16.5. The van der Waals surface area contributed by atoms with Crippen LogP contribution < -0.4 is 5.73 Å². The smallest absolute Gasteiger partial charge is 0.239 e. The van der Waals surface area contributed by atoms with Gasteiger partial charge in [0, 0.05) is 27.8 Å². The van der Waals surface area contributed by atoms with Crippen LogP contribution in [0, 0.1) is 17.8 Å². The predicted molar refractivity (Wildman–Crippen MR) is 125 cm³/mol. The van der Waals surface area contributed by atoms with Gasteiger partial charge in [-0.15, -0.1) is 0 Å². The molecule has 0 saturated carbocycles. The molecule has 31 heavy (non-hydrogen) atoms. The second-order valence-corrected chi connectivity index (χ2v) is 9.81. The summed E-state index contributed by atoms with van der Waals surface area (Å²) in [5, 5.41) is 0. The number of nitrogens with two attached hydrogens (primary N) is 1. The average molecular weight is 442 g/mol. The van der Waals surface area contributed by atoms with Gasteiger partial charge in [-0.1, -0.05) is 48.0 Å². The number of rotatable bonds is 12. The van der Waals surface area contributed by atoms with E-state index in [1.54, 1.807) is 26.2 Å². The summed E-state index contributed by atoms with van der Waals surface area (Å²) >= 11 is 0. The topological polar surface area (TPSA) is 85.1 Å². The number of ether oxygens (including phenoxy) is 2. The molecule has 2 N–H and O–H groups in total. The first kappa shape index (κ1) is 27.9. The van der Waals surface area contributed by atoms with E-state index < -0.39 is 12.1 Å². The fourth-order valence-electron chi connectivity index (χ4n) is 4.86. The molecule has 0 aromatic rings. The standard InChI is InChI=1S/C24H47N3O4/c1-10-17(6)22(26(7)24(29)21(25)15(2)3)19(30-8)14-20(28)27-13-11-12-18(27)23(31-9)16(4)5/h15-19,21-23H,10-14,25H2,1-9H3/t17?,18?,19?,21-,22?,23?/m0/s1. The number of nitrogens with zero attached hydrogens (tertiary/aromatic N) is 2. The molecule has 6 atom stereocenters. The van der Waals surface area contributed by atoms with Crippen molar-refractivity contribution >= 4 is 11.8 Å². The molecule has 1 aliphatic heterocycles. The Bertz CT molecular complexity index is 569. The van der Waals surface area contributed by atoms with Gasteiger partial charge in [-0.05, 0) is 30.6 Å². The third-order valence-electron chi connectivity index (χ3n) is 7.01. The summed E-state index contributed by atoms with van der Waals surface area (Å²) in [6, 6.07) is -0.701. The molecule has 0 bridgehead atoms. The van der Waals surface area contributed by atoms with Crippen molar-refractivity contribution in [2.24, 2.45) is 23.5 Å². The normalized spacial score (nSPS) is 21.8. The number of likely N-dealkylation sites (tertiary alicyclic amines) is 1. The van der Waals surface area contributed by atoms with Crippen LogP contribution in [0.4, 0.5) is 0 Å². The highest BCUT2D eigenvalue weighted by Crippen LogP contribution is 2.29. The van der Waals surface area contributed by atoms with Crippen LogP contribution in [0.3, 0.4) is 0 Å². The van der Waals surface area contributed by atoms with Crippen molar-refractivity contribution in [3.8, 4) is 0 Å². The van der Waals surface area contributed by atoms with Gasteiger partial charge in [0.1, 0.15) is 0 Å². The summed E-state index contributed by atoms with van der Waals surface area (Å²) in [5.41, 5.74) is 6.16. The van der Waals surface area contributed by atoms with E-state index in [2.05, 4.69) is 27.7 Å². The van der Waals surface area contributed by atoms with Crippen LogP contribution in [0.25, 0.3) is 0 Å². The van der Waals surface area contributed by atoms with Crippen LogP contribution >= 0.6 is 0 Å². The van der Waals surface area contributed by atoms with E-state index in [0.717, 1.165) is 25.8 Å². The molecule has 182 valence electrons. The number of amides is 2. The quantitative estimate of drug-likeness (QED) is 0.503. The van der Waals surface area contributed by atoms with Gasteiger partial charge in [0.05, 0.1) is 36.8 Å². The monoisotopic (exact) mass is 441 g/mol. The highest BCUT2D eigenvalue weighted by Gasteiger charge is 2.40. The van der Waals surface area contributed by atoms with Crippen molar-refractivity contribution < 1.29 is 19.1 Å². The first-order valence-electron chi connectivity index (χ1n) is 11.9. The lowest BCUT2D eigenvalue weighted by Gasteiger charge is -2.40. The Labute approximate surface area is 190 Å². The van der Waals surface area contributed by atoms with Crippen molar-refractivity contribution in [1.82, 2.24) is 9.80 Å². The molecule has 2 amide bonds. The number of likely N-dealkylation sites (N-methyl/N-ethyl adjacent to an activating group) is 1. The van der Waals surface area contributed by atoms with Crippen LogP contribution in [0.2, 0.25) is 0 Å². The summed E-state index contributed by atoms with van der Waals surface area (Å²) in [6.07, 6.45) is 2.68. The van der Waals surface area contributed by atoms with Crippen LogP contribution in [-0.2, 0) is 19.1 Å². The Balaban J connectivity index is 3.06. The van der Waals surface area contributed by atoms with Gasteiger partial charge in [0.25, 0.3) is 0 Å². The Kier molecular flexibility index (Phi) is 11.5. The minimum Gasteiger partial charge on any atom is -0.379 e. The van der Waals surface area contributed by atoms with Crippen molar-refractivity contribution in [3.63, 3.8) is 0 Å². The van der Waals surface area contributed by atoms with Gasteiger partial charge < -0.3 is 25.0 Å². The molecule has 7 nitrogen and oxygen atoms in total. The van der Waals surface area contributed by atoms with Gasteiger partial charge in [0.15, 0.2) is 0 Å². The number of carbonyl (C=O) groups is 2. The average Bonchev–Trinajstić information content (AvgIpc) is 3.21. The summed E-state index contributed by atoms with van der Waals surface area (Å²) in [4.78, 5) is 30.1. The summed E-state index contributed by atoms with van der Waals surface area (Å²) in [5.74, 6) is 0.508. The largest absolute Gasteiger partial charge is 0.379 e. The lowest BCUT2D eigenvalue weighted by atomic mass is 9.89. The summed E-state index contributed by atoms with van der Waals surface area (Å²) < 4.78 is 11.6. The molecule has 1 fully saturated rings. The van der Waals surface area contributed by atoms with Crippen LogP contribution in [0.1, 0.15) is 67.2 Å². The fraction of sp³-hybridized carbons (Fsp3) is 0.917. The van der Waals surface area contributed by atoms with E-state index in [0.29, 0.717) is 5.92 Å². The molecule has 1 saturated heterocycles.